The summed E-state index contributed by atoms with van der Waals surface area (Å²) >= 11 is 0. The second-order valence-corrected chi connectivity index (χ2v) is 8.13. The summed E-state index contributed by atoms with van der Waals surface area (Å²) in [5.74, 6) is 0.602. The average molecular weight is 454 g/mol. The van der Waals surface area contributed by atoms with E-state index >= 15 is 0 Å². The fourth-order valence-electron chi connectivity index (χ4n) is 3.03. The molecule has 0 aliphatic heterocycles. The van der Waals surface area contributed by atoms with Crippen molar-refractivity contribution in [1.29, 1.82) is 0 Å². The van der Waals surface area contributed by atoms with Crippen LogP contribution in [0.25, 0.3) is 16.7 Å². The highest BCUT2D eigenvalue weighted by molar-refractivity contribution is 5.84. The molecule has 0 atom stereocenters. The van der Waals surface area contributed by atoms with E-state index in [1.807, 2.05) is 0 Å². The molecule has 0 saturated heterocycles. The topological polar surface area (TPSA) is 103 Å². The Kier molecular flexibility index (Phi) is 6.60. The molecule has 2 heterocycles. The number of halogens is 3. The maximum absolute atomic E-state index is 12.6. The number of aromatic nitrogens is 4. The van der Waals surface area contributed by atoms with Crippen molar-refractivity contribution in [3.05, 3.63) is 24.0 Å². The molecule has 9 nitrogen and oxygen atoms in total. The van der Waals surface area contributed by atoms with Gasteiger partial charge in [-0.2, -0.15) is 0 Å². The van der Waals surface area contributed by atoms with Crippen LogP contribution in [0.15, 0.2) is 18.2 Å². The van der Waals surface area contributed by atoms with E-state index in [4.69, 9.17) is 4.74 Å². The maximum atomic E-state index is 12.6. The van der Waals surface area contributed by atoms with Crippen molar-refractivity contribution in [1.82, 2.24) is 24.9 Å². The summed E-state index contributed by atoms with van der Waals surface area (Å²) in [5, 5.41) is 14.0. The SMILES string of the molecule is Cc1nnc2c(NCCCCNC(=O)OC(C)(C)C)nc3cc(OC(F)(F)F)ccc3n12. The Labute approximate surface area is 182 Å². The van der Waals surface area contributed by atoms with Crippen LogP contribution >= 0.6 is 0 Å². The molecule has 2 N–H and O–H groups in total. The van der Waals surface area contributed by atoms with Crippen LogP contribution in [0.2, 0.25) is 0 Å². The number of hydrogen-bond acceptors (Lipinski definition) is 7. The van der Waals surface area contributed by atoms with Crippen molar-refractivity contribution in [2.45, 2.75) is 52.5 Å². The van der Waals surface area contributed by atoms with Crippen molar-refractivity contribution in [2.24, 2.45) is 0 Å². The van der Waals surface area contributed by atoms with Gasteiger partial charge in [-0.1, -0.05) is 0 Å². The first-order valence-corrected chi connectivity index (χ1v) is 10.0. The molecule has 0 saturated carbocycles. The average Bonchev–Trinajstić information content (AvgIpc) is 3.03. The third kappa shape index (κ3) is 6.11. The van der Waals surface area contributed by atoms with Crippen LogP contribution in [0.4, 0.5) is 23.8 Å². The molecule has 0 bridgehead atoms. The van der Waals surface area contributed by atoms with Gasteiger partial charge in [0.2, 0.25) is 5.65 Å². The van der Waals surface area contributed by atoms with E-state index in [0.29, 0.717) is 54.3 Å². The minimum atomic E-state index is -4.79. The van der Waals surface area contributed by atoms with Gasteiger partial charge in [0.15, 0.2) is 5.82 Å². The number of amides is 1. The van der Waals surface area contributed by atoms with Crippen LogP contribution in [0, 0.1) is 6.92 Å². The molecule has 0 spiro atoms. The summed E-state index contributed by atoms with van der Waals surface area (Å²) < 4.78 is 48.6. The number of nitrogens with one attached hydrogen (secondary N) is 2. The Morgan fingerprint density at radius 2 is 1.84 bits per heavy atom. The quantitative estimate of drug-likeness (QED) is 0.516. The van der Waals surface area contributed by atoms with E-state index in [2.05, 4.69) is 30.6 Å². The fraction of sp³-hybridized carbons (Fsp3) is 0.500. The molecule has 0 aliphatic carbocycles. The molecule has 174 valence electrons. The summed E-state index contributed by atoms with van der Waals surface area (Å²) in [4.78, 5) is 16.1. The number of ether oxygens (including phenoxy) is 2. The van der Waals surface area contributed by atoms with Gasteiger partial charge in [0.1, 0.15) is 17.2 Å². The Balaban J connectivity index is 1.67. The molecule has 3 aromatic rings. The zero-order valence-electron chi connectivity index (χ0n) is 18.2. The molecular weight excluding hydrogens is 429 g/mol. The number of carbonyl (C=O) groups excluding carboxylic acids is 1. The van der Waals surface area contributed by atoms with Gasteiger partial charge in [-0.25, -0.2) is 9.78 Å². The van der Waals surface area contributed by atoms with Gasteiger partial charge in [0.25, 0.3) is 0 Å². The summed E-state index contributed by atoms with van der Waals surface area (Å²) in [7, 11) is 0. The van der Waals surface area contributed by atoms with Crippen LogP contribution in [0.3, 0.4) is 0 Å². The lowest BCUT2D eigenvalue weighted by Gasteiger charge is -2.19. The standard InChI is InChI=1S/C20H25F3N6O3/c1-12-27-28-17-16(24-9-5-6-10-25-18(30)32-19(2,3)4)26-14-11-13(31-20(21,22)23)7-8-15(14)29(12)17/h7-8,11H,5-6,9-10H2,1-4H3,(H,24,26)(H,25,30). The molecule has 2 aromatic heterocycles. The predicted molar refractivity (Wildman–Crippen MR) is 112 cm³/mol. The third-order valence-corrected chi connectivity index (χ3v) is 4.25. The van der Waals surface area contributed by atoms with E-state index in [9.17, 15) is 18.0 Å². The Bertz CT molecular complexity index is 1110. The van der Waals surface area contributed by atoms with Gasteiger partial charge in [-0.15, -0.1) is 23.4 Å². The van der Waals surface area contributed by atoms with Crippen LogP contribution in [-0.2, 0) is 4.74 Å². The lowest BCUT2D eigenvalue weighted by Crippen LogP contribution is -2.33. The van der Waals surface area contributed by atoms with Crippen LogP contribution < -0.4 is 15.4 Å². The number of nitrogens with zero attached hydrogens (tertiary/aromatic N) is 4. The molecule has 1 amide bonds. The van der Waals surface area contributed by atoms with Gasteiger partial charge < -0.3 is 20.1 Å². The number of rotatable bonds is 7. The minimum Gasteiger partial charge on any atom is -0.444 e. The predicted octanol–water partition coefficient (Wildman–Crippen LogP) is 4.20. The van der Waals surface area contributed by atoms with E-state index in [-0.39, 0.29) is 5.75 Å². The fourth-order valence-corrected chi connectivity index (χ4v) is 3.03. The number of benzene rings is 1. The highest BCUT2D eigenvalue weighted by Crippen LogP contribution is 2.28. The van der Waals surface area contributed by atoms with Gasteiger partial charge >= 0.3 is 12.5 Å². The Morgan fingerprint density at radius 1 is 1.12 bits per heavy atom. The molecular formula is C20H25F3N6O3. The molecule has 32 heavy (non-hydrogen) atoms. The van der Waals surface area contributed by atoms with Crippen LogP contribution in [0.1, 0.15) is 39.4 Å². The molecule has 1 aromatic carbocycles. The van der Waals surface area contributed by atoms with Crippen molar-refractivity contribution < 1.29 is 27.4 Å². The van der Waals surface area contributed by atoms with E-state index in [1.165, 1.54) is 18.2 Å². The minimum absolute atomic E-state index is 0.302. The first kappa shape index (κ1) is 23.4. The number of hydrogen-bond donors (Lipinski definition) is 2. The smallest absolute Gasteiger partial charge is 0.444 e. The number of alkyl halides is 3. The molecule has 12 heteroatoms. The van der Waals surface area contributed by atoms with Crippen molar-refractivity contribution in [3.63, 3.8) is 0 Å². The first-order valence-electron chi connectivity index (χ1n) is 10.0. The number of carbonyl (C=O) groups is 1. The van der Waals surface area contributed by atoms with E-state index < -0.39 is 18.1 Å². The summed E-state index contributed by atoms with van der Waals surface area (Å²) in [6, 6.07) is 3.93. The van der Waals surface area contributed by atoms with E-state index in [0.717, 1.165) is 0 Å². The van der Waals surface area contributed by atoms with E-state index in [1.54, 1.807) is 32.1 Å². The summed E-state index contributed by atoms with van der Waals surface area (Å²) in [6.45, 7) is 8.06. The highest BCUT2D eigenvalue weighted by Gasteiger charge is 2.31. The summed E-state index contributed by atoms with van der Waals surface area (Å²) in [6.07, 6.45) is -3.88. The number of aryl methyl sites for hydroxylation is 1. The van der Waals surface area contributed by atoms with Crippen molar-refractivity contribution in [2.75, 3.05) is 18.4 Å². The second kappa shape index (κ2) is 9.05. The number of fused-ring (bicyclic) bond motifs is 3. The number of alkyl carbamates (subject to hydrolysis) is 1. The van der Waals surface area contributed by atoms with Gasteiger partial charge in [-0.3, -0.25) is 4.40 Å². The second-order valence-electron chi connectivity index (χ2n) is 8.13. The molecule has 0 unspecified atom stereocenters. The third-order valence-electron chi connectivity index (χ3n) is 4.25. The molecule has 3 rings (SSSR count). The zero-order chi connectivity index (χ0) is 23.5. The maximum Gasteiger partial charge on any atom is 0.573 e. The zero-order valence-corrected chi connectivity index (χ0v) is 18.2. The lowest BCUT2D eigenvalue weighted by molar-refractivity contribution is -0.274. The van der Waals surface area contributed by atoms with Crippen molar-refractivity contribution in [3.8, 4) is 5.75 Å². The summed E-state index contributed by atoms with van der Waals surface area (Å²) in [5.41, 5.74) is 0.770. The van der Waals surface area contributed by atoms with Crippen LogP contribution in [-0.4, -0.2) is 50.7 Å². The van der Waals surface area contributed by atoms with Crippen molar-refractivity contribution >= 4 is 28.6 Å². The Morgan fingerprint density at radius 3 is 2.53 bits per heavy atom. The Hall–Kier alpha value is -3.31. The van der Waals surface area contributed by atoms with Gasteiger partial charge in [0.05, 0.1) is 11.0 Å². The molecule has 0 radical (unpaired) electrons. The first-order chi connectivity index (χ1) is 14.9. The van der Waals surface area contributed by atoms with Gasteiger partial charge in [0, 0.05) is 19.2 Å². The molecule has 0 fully saturated rings. The van der Waals surface area contributed by atoms with Crippen LogP contribution in [0.5, 0.6) is 5.75 Å². The lowest BCUT2D eigenvalue weighted by atomic mass is 10.2. The molecule has 0 aliphatic rings. The normalized spacial score (nSPS) is 12.2. The highest BCUT2D eigenvalue weighted by atomic mass is 19.4. The van der Waals surface area contributed by atoms with Gasteiger partial charge in [-0.05, 0) is 52.7 Å². The largest absolute Gasteiger partial charge is 0.573 e. The monoisotopic (exact) mass is 454 g/mol. The number of unbranched alkanes of at least 4 members (excludes halogenated alkanes) is 1. The number of anilines is 1.